The molecule has 200 valence electrons. The number of hydrogen-bond acceptors (Lipinski definition) is 5. The predicted molar refractivity (Wildman–Crippen MR) is 146 cm³/mol. The number of aliphatic hydroxyl groups is 1. The van der Waals surface area contributed by atoms with Crippen molar-refractivity contribution in [3.63, 3.8) is 0 Å². The second-order valence-corrected chi connectivity index (χ2v) is 12.2. The number of fused-ring (bicyclic) bond motifs is 1. The van der Waals surface area contributed by atoms with Crippen LogP contribution in [0, 0.1) is 0 Å². The number of ether oxygens (including phenoxy) is 1. The van der Waals surface area contributed by atoms with Crippen LogP contribution in [0.15, 0.2) is 48.7 Å². The van der Waals surface area contributed by atoms with E-state index in [4.69, 9.17) is 10.5 Å². The Hall–Kier alpha value is -2.72. The highest BCUT2D eigenvalue weighted by atomic mass is 32.2. The topological polar surface area (TPSA) is 126 Å². The smallest absolute Gasteiger partial charge is 0.221 e. The molecule has 1 fully saturated rings. The van der Waals surface area contributed by atoms with E-state index < -0.39 is 16.1 Å². The molecule has 2 aromatic carbocycles. The van der Waals surface area contributed by atoms with Crippen molar-refractivity contribution in [1.82, 2.24) is 9.29 Å². The van der Waals surface area contributed by atoms with Gasteiger partial charge in [-0.05, 0) is 73.4 Å². The van der Waals surface area contributed by atoms with Gasteiger partial charge in [-0.1, -0.05) is 30.3 Å². The summed E-state index contributed by atoms with van der Waals surface area (Å²) in [7, 11) is -3.42. The molecule has 2 atom stereocenters. The van der Waals surface area contributed by atoms with Crippen molar-refractivity contribution in [1.29, 1.82) is 0 Å². The van der Waals surface area contributed by atoms with Gasteiger partial charge in [-0.3, -0.25) is 4.79 Å². The molecule has 8 nitrogen and oxygen atoms in total. The van der Waals surface area contributed by atoms with Crippen LogP contribution in [0.2, 0.25) is 0 Å². The van der Waals surface area contributed by atoms with Gasteiger partial charge in [0.25, 0.3) is 0 Å². The zero-order valence-electron chi connectivity index (χ0n) is 21.5. The molecule has 0 radical (unpaired) electrons. The van der Waals surface area contributed by atoms with E-state index in [9.17, 15) is 18.3 Å². The fourth-order valence-electron chi connectivity index (χ4n) is 5.27. The fourth-order valence-corrected chi connectivity index (χ4v) is 6.60. The van der Waals surface area contributed by atoms with Gasteiger partial charge in [0, 0.05) is 30.2 Å². The van der Waals surface area contributed by atoms with Crippen LogP contribution in [0.3, 0.4) is 0 Å². The maximum Gasteiger partial charge on any atom is 0.221 e. The summed E-state index contributed by atoms with van der Waals surface area (Å²) in [6.45, 7) is 4.55. The molecule has 0 saturated carbocycles. The number of nitrogens with zero attached hydrogens (tertiary/aromatic N) is 1. The number of aromatic amines is 1. The van der Waals surface area contributed by atoms with Crippen molar-refractivity contribution in [3.8, 4) is 11.1 Å². The Morgan fingerprint density at radius 3 is 2.51 bits per heavy atom. The molecule has 0 unspecified atom stereocenters. The Bertz CT molecular complexity index is 1310. The molecule has 0 bridgehead atoms. The SMILES string of the molecule is C[C@H](C[C@@H](C)O)OCCS(=O)(=O)N1CCC(c2c[nH]c3c(CC(N)=O)cc(-c4ccccc4)cc23)CC1. The molecule has 4 N–H and O–H groups in total. The van der Waals surface area contributed by atoms with Gasteiger partial charge in [-0.2, -0.15) is 0 Å². The molecule has 1 saturated heterocycles. The third-order valence-corrected chi connectivity index (χ3v) is 8.91. The van der Waals surface area contributed by atoms with Gasteiger partial charge in [-0.15, -0.1) is 0 Å². The first-order valence-electron chi connectivity index (χ1n) is 12.9. The highest BCUT2D eigenvalue weighted by molar-refractivity contribution is 7.89. The Morgan fingerprint density at radius 2 is 1.86 bits per heavy atom. The number of carbonyl (C=O) groups excluding carboxylic acids is 1. The molecule has 9 heteroatoms. The minimum atomic E-state index is -3.42. The van der Waals surface area contributed by atoms with Crippen LogP contribution in [0.5, 0.6) is 0 Å². The third kappa shape index (κ3) is 6.78. The highest BCUT2D eigenvalue weighted by Crippen LogP contribution is 2.37. The van der Waals surface area contributed by atoms with Crippen LogP contribution in [0.1, 0.15) is 50.2 Å². The van der Waals surface area contributed by atoms with E-state index >= 15 is 0 Å². The monoisotopic (exact) mass is 527 g/mol. The summed E-state index contributed by atoms with van der Waals surface area (Å²) >= 11 is 0. The number of aromatic nitrogens is 1. The molecule has 1 aliphatic rings. The number of hydrogen-bond donors (Lipinski definition) is 3. The van der Waals surface area contributed by atoms with Crippen LogP contribution < -0.4 is 5.73 Å². The zero-order valence-corrected chi connectivity index (χ0v) is 22.3. The normalized spacial score (nSPS) is 17.2. The standard InChI is InChI=1S/C28H37N3O5S/c1-19(32)14-20(2)36-12-13-37(34,35)31-10-8-22(9-11-31)26-18-30-28-24(17-27(29)33)15-23(16-25(26)28)21-6-4-3-5-7-21/h3-7,15-16,18-20,22,30,32H,8-14,17H2,1-2H3,(H2,29,33)/t19-,20-/m1/s1. The fraction of sp³-hybridized carbons (Fsp3) is 0.464. The minimum Gasteiger partial charge on any atom is -0.393 e. The Kier molecular flexibility index (Phi) is 8.69. The van der Waals surface area contributed by atoms with Crippen molar-refractivity contribution >= 4 is 26.8 Å². The average Bonchev–Trinajstić information content (AvgIpc) is 3.28. The lowest BCUT2D eigenvalue weighted by Crippen LogP contribution is -2.40. The van der Waals surface area contributed by atoms with Gasteiger partial charge in [0.05, 0.1) is 31.0 Å². The number of piperidine rings is 1. The van der Waals surface area contributed by atoms with E-state index in [0.29, 0.717) is 32.4 Å². The molecule has 37 heavy (non-hydrogen) atoms. The van der Waals surface area contributed by atoms with Crippen molar-refractivity contribution in [2.24, 2.45) is 5.73 Å². The van der Waals surface area contributed by atoms with E-state index in [2.05, 4.69) is 11.1 Å². The Balaban J connectivity index is 1.48. The predicted octanol–water partition coefficient (Wildman–Crippen LogP) is 3.55. The molecule has 4 rings (SSSR count). The summed E-state index contributed by atoms with van der Waals surface area (Å²) < 4.78 is 32.9. The van der Waals surface area contributed by atoms with Crippen LogP contribution in [0.25, 0.3) is 22.0 Å². The lowest BCUT2D eigenvalue weighted by molar-refractivity contribution is -0.117. The number of H-pyrrole nitrogens is 1. The number of amides is 1. The first kappa shape index (κ1) is 27.3. The van der Waals surface area contributed by atoms with Gasteiger partial charge in [0.1, 0.15) is 0 Å². The summed E-state index contributed by atoms with van der Waals surface area (Å²) in [6.07, 6.45) is 3.37. The van der Waals surface area contributed by atoms with Crippen molar-refractivity contribution in [2.75, 3.05) is 25.4 Å². The molecule has 0 spiro atoms. The maximum atomic E-state index is 12.9. The lowest BCUT2D eigenvalue weighted by atomic mass is 9.88. The number of nitrogens with two attached hydrogens (primary N) is 1. The van der Waals surface area contributed by atoms with Crippen LogP contribution >= 0.6 is 0 Å². The molecule has 3 aromatic rings. The number of rotatable bonds is 11. The number of benzene rings is 2. The molecule has 2 heterocycles. The van der Waals surface area contributed by atoms with Gasteiger partial charge in [0.2, 0.25) is 15.9 Å². The van der Waals surface area contributed by atoms with E-state index in [1.54, 1.807) is 11.2 Å². The third-order valence-electron chi connectivity index (χ3n) is 7.08. The molecule has 1 aromatic heterocycles. The number of sulfonamides is 1. The van der Waals surface area contributed by atoms with E-state index in [1.165, 1.54) is 0 Å². The largest absolute Gasteiger partial charge is 0.393 e. The first-order valence-corrected chi connectivity index (χ1v) is 14.5. The zero-order chi connectivity index (χ0) is 26.6. The quantitative estimate of drug-likeness (QED) is 0.352. The highest BCUT2D eigenvalue weighted by Gasteiger charge is 2.30. The van der Waals surface area contributed by atoms with Gasteiger partial charge in [-0.25, -0.2) is 12.7 Å². The Labute approximate surface area is 218 Å². The summed E-state index contributed by atoms with van der Waals surface area (Å²) in [5, 5.41) is 10.5. The van der Waals surface area contributed by atoms with Crippen molar-refractivity contribution in [3.05, 3.63) is 59.8 Å². The van der Waals surface area contributed by atoms with Crippen LogP contribution in [-0.4, -0.2) is 66.4 Å². The van der Waals surface area contributed by atoms with E-state index in [-0.39, 0.29) is 36.7 Å². The minimum absolute atomic E-state index is 0.0637. The second kappa shape index (κ2) is 11.8. The van der Waals surface area contributed by atoms with Gasteiger partial charge in [0.15, 0.2) is 0 Å². The van der Waals surface area contributed by atoms with Crippen molar-refractivity contribution in [2.45, 2.75) is 57.7 Å². The van der Waals surface area contributed by atoms with Crippen LogP contribution in [-0.2, 0) is 26.0 Å². The van der Waals surface area contributed by atoms with Crippen LogP contribution in [0.4, 0.5) is 0 Å². The first-order chi connectivity index (χ1) is 17.6. The maximum absolute atomic E-state index is 12.9. The Morgan fingerprint density at radius 1 is 1.16 bits per heavy atom. The number of aliphatic hydroxyl groups excluding tert-OH is 1. The second-order valence-electron chi connectivity index (χ2n) is 10.1. The molecule has 0 aliphatic carbocycles. The number of carbonyl (C=O) groups is 1. The number of primary amides is 1. The van der Waals surface area contributed by atoms with E-state index in [1.807, 2.05) is 49.5 Å². The molecular weight excluding hydrogens is 490 g/mol. The summed E-state index contributed by atoms with van der Waals surface area (Å²) in [4.78, 5) is 15.1. The van der Waals surface area contributed by atoms with Gasteiger partial charge < -0.3 is 20.6 Å². The molecule has 1 aliphatic heterocycles. The summed E-state index contributed by atoms with van der Waals surface area (Å²) in [6, 6.07) is 14.2. The summed E-state index contributed by atoms with van der Waals surface area (Å²) in [5.41, 5.74) is 10.5. The number of nitrogens with one attached hydrogen (secondary N) is 1. The van der Waals surface area contributed by atoms with E-state index in [0.717, 1.165) is 33.2 Å². The lowest BCUT2D eigenvalue weighted by Gasteiger charge is -2.31. The van der Waals surface area contributed by atoms with Crippen molar-refractivity contribution < 1.29 is 23.1 Å². The molecular formula is C28H37N3O5S. The molecule has 1 amide bonds. The average molecular weight is 528 g/mol. The summed E-state index contributed by atoms with van der Waals surface area (Å²) in [5.74, 6) is -0.244. The van der Waals surface area contributed by atoms with Gasteiger partial charge >= 0.3 is 0 Å².